The van der Waals surface area contributed by atoms with Crippen molar-refractivity contribution in [3.05, 3.63) is 0 Å². The third-order valence-electron chi connectivity index (χ3n) is 10.2. The Morgan fingerprint density at radius 1 is 1.04 bits per heavy atom. The first-order chi connectivity index (χ1) is 12.9. The van der Waals surface area contributed by atoms with E-state index in [9.17, 15) is 9.90 Å². The van der Waals surface area contributed by atoms with Gasteiger partial charge in [-0.15, -0.1) is 0 Å². The van der Waals surface area contributed by atoms with E-state index in [4.69, 9.17) is 4.74 Å². The standard InChI is InChI=1S/C24H38O3/c1-15(25)20-5-6-22-19-4-3-17-11-18(26)7-9-23(17,2)21(19)8-10-24(20,22)12-16-13-27-14-16/h16-22,26H,3-14H2,1-2H3/t17-,18+,19?,20?,21?,22?,23?,24?/m0/s1. The lowest BCUT2D eigenvalue weighted by atomic mass is 9.43. The average molecular weight is 375 g/mol. The van der Waals surface area contributed by atoms with E-state index in [1.807, 2.05) is 6.92 Å². The molecule has 0 spiro atoms. The molecule has 1 N–H and O–H groups in total. The number of hydrogen-bond acceptors (Lipinski definition) is 3. The molecule has 5 rings (SSSR count). The topological polar surface area (TPSA) is 46.5 Å². The molecule has 0 aromatic rings. The Morgan fingerprint density at radius 2 is 1.85 bits per heavy atom. The SMILES string of the molecule is CC(=O)C1CCC2C3CC[C@H]4C[C@H](O)CCC4(C)C3CCC12CC1COC1. The van der Waals surface area contributed by atoms with E-state index in [1.54, 1.807) is 0 Å². The highest BCUT2D eigenvalue weighted by atomic mass is 16.5. The van der Waals surface area contributed by atoms with Crippen LogP contribution in [-0.2, 0) is 9.53 Å². The largest absolute Gasteiger partial charge is 0.393 e. The summed E-state index contributed by atoms with van der Waals surface area (Å²) in [5.74, 6) is 4.58. The number of Topliss-reactive ketones (excluding diaryl/α,β-unsaturated/α-hetero) is 1. The maximum absolute atomic E-state index is 12.6. The maximum atomic E-state index is 12.6. The van der Waals surface area contributed by atoms with Crippen LogP contribution in [0, 0.1) is 46.3 Å². The van der Waals surface area contributed by atoms with E-state index < -0.39 is 0 Å². The van der Waals surface area contributed by atoms with Gasteiger partial charge in [-0.25, -0.2) is 0 Å². The van der Waals surface area contributed by atoms with Gasteiger partial charge in [-0.05, 0) is 106 Å². The fourth-order valence-electron chi connectivity index (χ4n) is 8.99. The summed E-state index contributed by atoms with van der Waals surface area (Å²) in [4.78, 5) is 12.6. The highest BCUT2D eigenvalue weighted by Gasteiger charge is 2.62. The molecular formula is C24H38O3. The van der Waals surface area contributed by atoms with Crippen molar-refractivity contribution in [2.75, 3.05) is 13.2 Å². The monoisotopic (exact) mass is 374 g/mol. The minimum atomic E-state index is -0.0607. The third kappa shape index (κ3) is 2.70. The molecule has 1 saturated heterocycles. The Bertz CT molecular complexity index is 598. The van der Waals surface area contributed by atoms with Crippen molar-refractivity contribution in [2.24, 2.45) is 46.3 Å². The molecule has 6 unspecified atom stereocenters. The molecule has 8 atom stereocenters. The summed E-state index contributed by atoms with van der Waals surface area (Å²) >= 11 is 0. The summed E-state index contributed by atoms with van der Waals surface area (Å²) in [5.41, 5.74) is 0.709. The summed E-state index contributed by atoms with van der Waals surface area (Å²) in [6.45, 7) is 6.26. The molecule has 0 radical (unpaired) electrons. The second kappa shape index (κ2) is 6.55. The molecular weight excluding hydrogens is 336 g/mol. The zero-order valence-corrected chi connectivity index (χ0v) is 17.3. The smallest absolute Gasteiger partial charge is 0.133 e. The molecule has 0 amide bonds. The summed E-state index contributed by atoms with van der Waals surface area (Å²) in [5, 5.41) is 10.2. The van der Waals surface area contributed by atoms with Gasteiger partial charge in [0.25, 0.3) is 0 Å². The van der Waals surface area contributed by atoms with Gasteiger partial charge in [0.15, 0.2) is 0 Å². The molecule has 5 fully saturated rings. The van der Waals surface area contributed by atoms with E-state index >= 15 is 0 Å². The van der Waals surface area contributed by atoms with Gasteiger partial charge < -0.3 is 9.84 Å². The molecule has 152 valence electrons. The average Bonchev–Trinajstić information content (AvgIpc) is 2.99. The van der Waals surface area contributed by atoms with Crippen LogP contribution in [0.4, 0.5) is 0 Å². The van der Waals surface area contributed by atoms with Crippen molar-refractivity contribution in [3.8, 4) is 0 Å². The Balaban J connectivity index is 1.44. The maximum Gasteiger partial charge on any atom is 0.133 e. The fourth-order valence-corrected chi connectivity index (χ4v) is 8.99. The fraction of sp³-hybridized carbons (Fsp3) is 0.958. The van der Waals surface area contributed by atoms with Gasteiger partial charge in [0.1, 0.15) is 5.78 Å². The van der Waals surface area contributed by atoms with Crippen LogP contribution in [0.15, 0.2) is 0 Å². The Kier molecular flexibility index (Phi) is 4.52. The lowest BCUT2D eigenvalue weighted by Gasteiger charge is -2.62. The zero-order chi connectivity index (χ0) is 18.8. The van der Waals surface area contributed by atoms with Gasteiger partial charge in [-0.3, -0.25) is 4.79 Å². The highest BCUT2D eigenvalue weighted by Crippen LogP contribution is 2.69. The van der Waals surface area contributed by atoms with Gasteiger partial charge in [0, 0.05) is 11.8 Å². The lowest BCUT2D eigenvalue weighted by molar-refractivity contribution is -0.153. The minimum absolute atomic E-state index is 0.0607. The molecule has 0 aromatic heterocycles. The van der Waals surface area contributed by atoms with Crippen molar-refractivity contribution in [2.45, 2.75) is 84.2 Å². The third-order valence-corrected chi connectivity index (χ3v) is 10.2. The Labute approximate surface area is 164 Å². The first-order valence-corrected chi connectivity index (χ1v) is 11.7. The van der Waals surface area contributed by atoms with Crippen LogP contribution in [0.3, 0.4) is 0 Å². The minimum Gasteiger partial charge on any atom is -0.393 e. The van der Waals surface area contributed by atoms with Gasteiger partial charge >= 0.3 is 0 Å². The Hall–Kier alpha value is -0.410. The second-order valence-corrected chi connectivity index (χ2v) is 11.2. The van der Waals surface area contributed by atoms with E-state index in [1.165, 1.54) is 44.9 Å². The zero-order valence-electron chi connectivity index (χ0n) is 17.3. The van der Waals surface area contributed by atoms with Crippen molar-refractivity contribution in [3.63, 3.8) is 0 Å². The number of hydrogen-bond donors (Lipinski definition) is 1. The number of aliphatic hydroxyl groups is 1. The lowest BCUT2D eigenvalue weighted by Crippen LogP contribution is -2.55. The normalized spacial score (nSPS) is 52.4. The van der Waals surface area contributed by atoms with Crippen molar-refractivity contribution >= 4 is 5.78 Å². The summed E-state index contributed by atoms with van der Waals surface area (Å²) in [6.07, 6.45) is 12.1. The van der Waals surface area contributed by atoms with Crippen LogP contribution in [-0.4, -0.2) is 30.2 Å². The molecule has 1 aliphatic heterocycles. The first kappa shape index (κ1) is 18.6. The first-order valence-electron chi connectivity index (χ1n) is 11.7. The summed E-state index contributed by atoms with van der Waals surface area (Å²) in [7, 11) is 0. The number of rotatable bonds is 3. The number of ether oxygens (including phenoxy) is 1. The highest BCUT2D eigenvalue weighted by molar-refractivity contribution is 5.79. The molecule has 27 heavy (non-hydrogen) atoms. The van der Waals surface area contributed by atoms with Crippen LogP contribution in [0.2, 0.25) is 0 Å². The quantitative estimate of drug-likeness (QED) is 0.784. The van der Waals surface area contributed by atoms with Gasteiger partial charge in [-0.1, -0.05) is 6.92 Å². The van der Waals surface area contributed by atoms with Crippen molar-refractivity contribution < 1.29 is 14.6 Å². The van der Waals surface area contributed by atoms with E-state index in [2.05, 4.69) is 6.92 Å². The van der Waals surface area contributed by atoms with Gasteiger partial charge in [0.05, 0.1) is 19.3 Å². The number of carbonyl (C=O) groups is 1. The molecule has 3 heteroatoms. The van der Waals surface area contributed by atoms with Crippen LogP contribution >= 0.6 is 0 Å². The molecule has 0 bridgehead atoms. The molecule has 1 heterocycles. The molecule has 4 saturated carbocycles. The van der Waals surface area contributed by atoms with Gasteiger partial charge in [0.2, 0.25) is 0 Å². The second-order valence-electron chi connectivity index (χ2n) is 11.2. The van der Waals surface area contributed by atoms with E-state index in [0.717, 1.165) is 56.1 Å². The summed E-state index contributed by atoms with van der Waals surface area (Å²) in [6, 6.07) is 0. The predicted octanol–water partition coefficient (Wildman–Crippen LogP) is 4.61. The molecule has 4 aliphatic carbocycles. The van der Waals surface area contributed by atoms with Gasteiger partial charge in [-0.2, -0.15) is 0 Å². The van der Waals surface area contributed by atoms with Crippen molar-refractivity contribution in [1.82, 2.24) is 0 Å². The summed E-state index contributed by atoms with van der Waals surface area (Å²) < 4.78 is 5.51. The van der Waals surface area contributed by atoms with Crippen LogP contribution in [0.25, 0.3) is 0 Å². The van der Waals surface area contributed by atoms with Crippen molar-refractivity contribution in [1.29, 1.82) is 0 Å². The van der Waals surface area contributed by atoms with E-state index in [-0.39, 0.29) is 11.5 Å². The van der Waals surface area contributed by atoms with Crippen LogP contribution < -0.4 is 0 Å². The number of fused-ring (bicyclic) bond motifs is 5. The van der Waals surface area contributed by atoms with E-state index in [0.29, 0.717) is 23.0 Å². The molecule has 5 aliphatic rings. The van der Waals surface area contributed by atoms with Crippen LogP contribution in [0.1, 0.15) is 78.1 Å². The number of aliphatic hydroxyl groups excluding tert-OH is 1. The van der Waals surface area contributed by atoms with Crippen LogP contribution in [0.5, 0.6) is 0 Å². The Morgan fingerprint density at radius 3 is 2.56 bits per heavy atom. The predicted molar refractivity (Wildman–Crippen MR) is 105 cm³/mol. The molecule has 3 nitrogen and oxygen atoms in total. The number of carbonyl (C=O) groups excluding carboxylic acids is 1. The number of ketones is 1. The molecule has 0 aromatic carbocycles.